The van der Waals surface area contributed by atoms with Crippen LogP contribution < -0.4 is 5.32 Å². The number of ether oxygens (including phenoxy) is 1. The molecule has 1 aromatic carbocycles. The Balaban J connectivity index is 1.75. The van der Waals surface area contributed by atoms with E-state index in [1.807, 2.05) is 6.92 Å². The number of amides is 2. The van der Waals surface area contributed by atoms with Crippen molar-refractivity contribution in [1.82, 2.24) is 10.2 Å². The van der Waals surface area contributed by atoms with Crippen molar-refractivity contribution >= 4 is 35.5 Å². The van der Waals surface area contributed by atoms with Crippen molar-refractivity contribution in [3.05, 3.63) is 46.7 Å². The number of benzene rings is 1. The van der Waals surface area contributed by atoms with E-state index in [2.05, 4.69) is 5.32 Å². The predicted octanol–water partition coefficient (Wildman–Crippen LogP) is 0.910. The van der Waals surface area contributed by atoms with Gasteiger partial charge in [0.05, 0.1) is 0 Å². The fourth-order valence-electron chi connectivity index (χ4n) is 2.91. The highest BCUT2D eigenvalue weighted by molar-refractivity contribution is 8.00. The molecule has 2 aliphatic heterocycles. The van der Waals surface area contributed by atoms with E-state index in [0.29, 0.717) is 16.9 Å². The van der Waals surface area contributed by atoms with Gasteiger partial charge in [-0.25, -0.2) is 4.79 Å². The van der Waals surface area contributed by atoms with Gasteiger partial charge in [-0.05, 0) is 19.1 Å². The Labute approximate surface area is 159 Å². The van der Waals surface area contributed by atoms with Gasteiger partial charge in [0, 0.05) is 23.8 Å². The summed E-state index contributed by atoms with van der Waals surface area (Å²) < 4.78 is 4.88. The predicted molar refractivity (Wildman–Crippen MR) is 96.8 cm³/mol. The van der Waals surface area contributed by atoms with E-state index in [-0.39, 0.29) is 18.2 Å². The number of aryl methyl sites for hydroxylation is 1. The van der Waals surface area contributed by atoms with Crippen molar-refractivity contribution in [2.24, 2.45) is 0 Å². The second-order valence-corrected chi connectivity index (χ2v) is 7.37. The lowest BCUT2D eigenvalue weighted by atomic mass is 10.0. The molecule has 0 spiro atoms. The van der Waals surface area contributed by atoms with Crippen LogP contribution in [0.3, 0.4) is 0 Å². The molecular formula is C18H18N2O6S. The number of nitrogens with one attached hydrogen (secondary N) is 1. The van der Waals surface area contributed by atoms with Crippen LogP contribution in [0.25, 0.3) is 0 Å². The van der Waals surface area contributed by atoms with Crippen LogP contribution in [-0.2, 0) is 19.1 Å². The maximum absolute atomic E-state index is 12.5. The van der Waals surface area contributed by atoms with Crippen molar-refractivity contribution < 1.29 is 29.0 Å². The zero-order chi connectivity index (χ0) is 19.7. The third-order valence-corrected chi connectivity index (χ3v) is 5.64. The minimum atomic E-state index is -1.26. The minimum Gasteiger partial charge on any atom is -0.477 e. The van der Waals surface area contributed by atoms with E-state index in [9.17, 15) is 24.3 Å². The summed E-state index contributed by atoms with van der Waals surface area (Å²) in [6.07, 6.45) is 0. The number of fused-ring (bicyclic) bond motifs is 1. The number of carbonyl (C=O) groups is 4. The van der Waals surface area contributed by atoms with Crippen molar-refractivity contribution in [3.63, 3.8) is 0 Å². The molecule has 2 amide bonds. The Kier molecular flexibility index (Phi) is 5.22. The molecule has 0 saturated carbocycles. The molecule has 1 saturated heterocycles. The van der Waals surface area contributed by atoms with Gasteiger partial charge in [0.2, 0.25) is 0 Å². The number of nitrogens with zero attached hydrogens (tertiary/aromatic N) is 1. The molecule has 9 heteroatoms. The van der Waals surface area contributed by atoms with Crippen LogP contribution in [0.1, 0.15) is 22.8 Å². The van der Waals surface area contributed by atoms with Crippen LogP contribution >= 0.6 is 11.8 Å². The van der Waals surface area contributed by atoms with Crippen molar-refractivity contribution in [1.29, 1.82) is 0 Å². The molecule has 0 unspecified atom stereocenters. The van der Waals surface area contributed by atoms with Gasteiger partial charge >= 0.3 is 11.9 Å². The van der Waals surface area contributed by atoms with Gasteiger partial charge in [-0.1, -0.05) is 17.7 Å². The molecular weight excluding hydrogens is 372 g/mol. The van der Waals surface area contributed by atoms with Crippen LogP contribution in [0.4, 0.5) is 0 Å². The number of hydrogen-bond donors (Lipinski definition) is 2. The normalized spacial score (nSPS) is 21.3. The van der Waals surface area contributed by atoms with Gasteiger partial charge in [-0.15, -0.1) is 11.8 Å². The first-order valence-electron chi connectivity index (χ1n) is 8.20. The molecule has 1 aromatic rings. The molecule has 2 aliphatic rings. The number of carbonyl (C=O) groups excluding carboxylic acids is 3. The van der Waals surface area contributed by atoms with Crippen molar-refractivity contribution in [2.75, 3.05) is 12.4 Å². The van der Waals surface area contributed by atoms with Gasteiger partial charge in [0.15, 0.2) is 0 Å². The van der Waals surface area contributed by atoms with Gasteiger partial charge in [-0.2, -0.15) is 0 Å². The van der Waals surface area contributed by atoms with Crippen molar-refractivity contribution in [3.8, 4) is 0 Å². The quantitative estimate of drug-likeness (QED) is 0.567. The third kappa shape index (κ3) is 3.68. The molecule has 0 radical (unpaired) electrons. The highest BCUT2D eigenvalue weighted by Crippen LogP contribution is 2.40. The highest BCUT2D eigenvalue weighted by Gasteiger charge is 2.54. The largest absolute Gasteiger partial charge is 0.477 e. The molecule has 3 rings (SSSR count). The number of β-lactam (4-membered cyclic amide) rings is 1. The Morgan fingerprint density at radius 1 is 1.30 bits per heavy atom. The zero-order valence-electron chi connectivity index (χ0n) is 14.7. The van der Waals surface area contributed by atoms with Crippen LogP contribution in [-0.4, -0.2) is 57.5 Å². The average Bonchev–Trinajstić information content (AvgIpc) is 2.63. The Morgan fingerprint density at radius 2 is 1.96 bits per heavy atom. The molecule has 0 aromatic heterocycles. The first kappa shape index (κ1) is 19.0. The summed E-state index contributed by atoms with van der Waals surface area (Å²) >= 11 is 1.32. The van der Waals surface area contributed by atoms with Crippen LogP contribution in [0, 0.1) is 6.92 Å². The highest BCUT2D eigenvalue weighted by atomic mass is 32.2. The van der Waals surface area contributed by atoms with Gasteiger partial charge in [0.25, 0.3) is 11.8 Å². The summed E-state index contributed by atoms with van der Waals surface area (Å²) in [5.74, 6) is -2.39. The monoisotopic (exact) mass is 390 g/mol. The van der Waals surface area contributed by atoms with Gasteiger partial charge < -0.3 is 15.2 Å². The first-order chi connectivity index (χ1) is 12.8. The maximum atomic E-state index is 12.5. The molecule has 8 nitrogen and oxygen atoms in total. The van der Waals surface area contributed by atoms with E-state index < -0.39 is 29.3 Å². The second kappa shape index (κ2) is 7.43. The van der Waals surface area contributed by atoms with E-state index in [1.54, 1.807) is 24.3 Å². The summed E-state index contributed by atoms with van der Waals surface area (Å²) in [6, 6.07) is 6.13. The summed E-state index contributed by atoms with van der Waals surface area (Å²) in [5, 5.41) is 11.7. The number of esters is 1. The van der Waals surface area contributed by atoms with Crippen LogP contribution in [0.5, 0.6) is 0 Å². The molecule has 1 fully saturated rings. The summed E-state index contributed by atoms with van der Waals surface area (Å²) in [5.41, 5.74) is 1.62. The van der Waals surface area contributed by atoms with Crippen molar-refractivity contribution in [2.45, 2.75) is 25.3 Å². The Morgan fingerprint density at radius 3 is 2.56 bits per heavy atom. The molecule has 2 N–H and O–H groups in total. The lowest BCUT2D eigenvalue weighted by Crippen LogP contribution is -2.70. The number of carboxylic acids is 1. The second-order valence-electron chi connectivity index (χ2n) is 6.26. The lowest BCUT2D eigenvalue weighted by Gasteiger charge is -2.49. The number of carboxylic acid groups (broad SMARTS) is 1. The smallest absolute Gasteiger partial charge is 0.352 e. The van der Waals surface area contributed by atoms with Crippen LogP contribution in [0.2, 0.25) is 0 Å². The van der Waals surface area contributed by atoms with E-state index in [4.69, 9.17) is 4.74 Å². The van der Waals surface area contributed by atoms with Crippen LogP contribution in [0.15, 0.2) is 35.5 Å². The Hall–Kier alpha value is -2.81. The first-order valence-corrected chi connectivity index (χ1v) is 9.25. The summed E-state index contributed by atoms with van der Waals surface area (Å²) in [4.78, 5) is 48.6. The van der Waals surface area contributed by atoms with Gasteiger partial charge in [-0.3, -0.25) is 19.3 Å². The molecule has 2 atom stereocenters. The summed E-state index contributed by atoms with van der Waals surface area (Å²) in [7, 11) is 0. The maximum Gasteiger partial charge on any atom is 0.352 e. The fourth-order valence-corrected chi connectivity index (χ4v) is 4.24. The SMILES string of the molecule is CC(=O)OCC1=C(C(=O)O)N2C(=O)[C@@H](NC(=O)c3ccc(C)cc3)[C@@H]2SC1. The number of aliphatic carboxylic acids is 1. The summed E-state index contributed by atoms with van der Waals surface area (Å²) in [6.45, 7) is 2.95. The molecule has 27 heavy (non-hydrogen) atoms. The topological polar surface area (TPSA) is 113 Å². The number of rotatable bonds is 5. The van der Waals surface area contributed by atoms with E-state index >= 15 is 0 Å². The Bertz CT molecular complexity index is 848. The molecule has 2 heterocycles. The third-order valence-electron chi connectivity index (χ3n) is 4.30. The fraction of sp³-hybridized carbons (Fsp3) is 0.333. The standard InChI is InChI=1S/C18H18N2O6S/c1-9-3-5-11(6-4-9)15(22)19-13-16(23)20-14(18(24)25)12(7-26-10(2)21)8-27-17(13)20/h3-6,13,17H,7-8H2,1-2H3,(H,19,22)(H,24,25)/t13-,17+/m1/s1. The zero-order valence-corrected chi connectivity index (χ0v) is 15.5. The molecule has 0 aliphatic carbocycles. The average molecular weight is 390 g/mol. The van der Waals surface area contributed by atoms with E-state index in [0.717, 1.165) is 10.5 Å². The lowest BCUT2D eigenvalue weighted by molar-refractivity contribution is -0.149. The number of hydrogen-bond acceptors (Lipinski definition) is 6. The van der Waals surface area contributed by atoms with E-state index in [1.165, 1.54) is 18.7 Å². The molecule has 142 valence electrons. The van der Waals surface area contributed by atoms with Gasteiger partial charge in [0.1, 0.15) is 23.7 Å². The number of thioether (sulfide) groups is 1. The minimum absolute atomic E-state index is 0.175. The molecule has 0 bridgehead atoms.